The van der Waals surface area contributed by atoms with Gasteiger partial charge in [0.25, 0.3) is 0 Å². The molecule has 184 valence electrons. The van der Waals surface area contributed by atoms with Crippen LogP contribution in [0.3, 0.4) is 0 Å². The maximum absolute atomic E-state index is 12.1. The number of pyridine rings is 1. The average molecular weight is 485 g/mol. The molecule has 1 aliphatic carbocycles. The van der Waals surface area contributed by atoms with Crippen molar-refractivity contribution < 1.29 is 9.90 Å². The number of β-amino-alcohol motifs (C(OH)–C–C–N with tert-alkyl or cyclic N) is 1. The molecule has 2 fully saturated rings. The second kappa shape index (κ2) is 10.7. The Labute approximate surface area is 209 Å². The summed E-state index contributed by atoms with van der Waals surface area (Å²) in [5, 5.41) is 24.9. The molecule has 2 aromatic heterocycles. The Morgan fingerprint density at radius 3 is 2.64 bits per heavy atom. The highest BCUT2D eigenvalue weighted by Crippen LogP contribution is 2.31. The molecule has 0 unspecified atom stereocenters. The summed E-state index contributed by atoms with van der Waals surface area (Å²) in [5.41, 5.74) is 3.17. The lowest BCUT2D eigenvalue weighted by Gasteiger charge is -2.35. The Balaban J connectivity index is 1.29. The average Bonchev–Trinajstić information content (AvgIpc) is 3.76. The summed E-state index contributed by atoms with van der Waals surface area (Å²) < 4.78 is 0. The summed E-state index contributed by atoms with van der Waals surface area (Å²) in [6.07, 6.45) is 5.24. The van der Waals surface area contributed by atoms with Gasteiger partial charge in [-0.3, -0.25) is 9.69 Å². The molecule has 3 aromatic rings. The minimum absolute atomic E-state index is 0.0310. The van der Waals surface area contributed by atoms with E-state index >= 15 is 0 Å². The van der Waals surface area contributed by atoms with E-state index in [-0.39, 0.29) is 18.4 Å². The fourth-order valence-electron chi connectivity index (χ4n) is 4.21. The number of anilines is 4. The maximum Gasteiger partial charge on any atom is 0.227 e. The maximum atomic E-state index is 12.1. The second-order valence-corrected chi connectivity index (χ2v) is 8.98. The number of aliphatic hydroxyl groups excluding tert-OH is 1. The number of carbonyl (C=O) groups excluding carboxylic acids is 1. The van der Waals surface area contributed by atoms with Gasteiger partial charge >= 0.3 is 0 Å². The zero-order chi connectivity index (χ0) is 24.9. The van der Waals surface area contributed by atoms with E-state index in [0.717, 1.165) is 56.1 Å². The van der Waals surface area contributed by atoms with E-state index in [4.69, 9.17) is 5.11 Å². The van der Waals surface area contributed by atoms with Gasteiger partial charge in [-0.15, -0.1) is 0 Å². The van der Waals surface area contributed by atoms with Gasteiger partial charge in [-0.2, -0.15) is 5.26 Å². The second-order valence-electron chi connectivity index (χ2n) is 8.98. The van der Waals surface area contributed by atoms with Crippen molar-refractivity contribution in [2.24, 2.45) is 5.92 Å². The van der Waals surface area contributed by atoms with Crippen molar-refractivity contribution in [3.05, 3.63) is 54.4 Å². The van der Waals surface area contributed by atoms with Crippen LogP contribution in [-0.4, -0.2) is 70.2 Å². The lowest BCUT2D eigenvalue weighted by Crippen LogP contribution is -2.47. The minimum Gasteiger partial charge on any atom is -0.395 e. The Bertz CT molecular complexity index is 1280. The van der Waals surface area contributed by atoms with E-state index in [0.29, 0.717) is 29.4 Å². The van der Waals surface area contributed by atoms with Gasteiger partial charge in [0.05, 0.1) is 23.6 Å². The third-order valence-electron chi connectivity index (χ3n) is 6.41. The Hall–Kier alpha value is -4.07. The van der Waals surface area contributed by atoms with E-state index in [1.165, 1.54) is 0 Å². The molecule has 10 heteroatoms. The molecule has 0 bridgehead atoms. The molecule has 3 heterocycles. The van der Waals surface area contributed by atoms with E-state index in [2.05, 4.69) is 41.5 Å². The molecule has 36 heavy (non-hydrogen) atoms. The molecule has 0 atom stereocenters. The first-order valence-corrected chi connectivity index (χ1v) is 12.1. The van der Waals surface area contributed by atoms with E-state index in [9.17, 15) is 10.1 Å². The first-order valence-electron chi connectivity index (χ1n) is 12.1. The zero-order valence-electron chi connectivity index (χ0n) is 19.9. The number of amides is 1. The Morgan fingerprint density at radius 1 is 1.08 bits per heavy atom. The van der Waals surface area contributed by atoms with Gasteiger partial charge < -0.3 is 20.6 Å². The zero-order valence-corrected chi connectivity index (χ0v) is 19.9. The molecule has 1 amide bonds. The number of carbonyl (C=O) groups is 1. The van der Waals surface area contributed by atoms with Crippen LogP contribution in [0.1, 0.15) is 18.4 Å². The largest absolute Gasteiger partial charge is 0.395 e. The number of nitrogens with one attached hydrogen (secondary N) is 2. The number of hydrogen-bond donors (Lipinski definition) is 3. The van der Waals surface area contributed by atoms with Crippen LogP contribution in [0.2, 0.25) is 0 Å². The quantitative estimate of drug-likeness (QED) is 0.442. The molecule has 1 saturated carbocycles. The summed E-state index contributed by atoms with van der Waals surface area (Å²) in [7, 11) is 0. The van der Waals surface area contributed by atoms with Crippen LogP contribution >= 0.6 is 0 Å². The van der Waals surface area contributed by atoms with Gasteiger partial charge in [0.1, 0.15) is 11.9 Å². The third kappa shape index (κ3) is 5.59. The predicted molar refractivity (Wildman–Crippen MR) is 137 cm³/mol. The highest BCUT2D eigenvalue weighted by atomic mass is 16.3. The lowest BCUT2D eigenvalue weighted by atomic mass is 10.1. The standard InChI is InChI=1S/C26H28N8O2/c27-17-20-15-19(3-4-22(20)31-25(36)18-1-2-18)23-6-8-29-26(32-23)30-21-5-7-28-24(16-21)34-11-9-33(10-12-34)13-14-35/h3-8,15-16,18,35H,1-2,9-14H2,(H,31,36)(H,28,29,30,32). The van der Waals surface area contributed by atoms with Crippen LogP contribution in [0, 0.1) is 17.2 Å². The van der Waals surface area contributed by atoms with E-state index in [1.54, 1.807) is 30.6 Å². The van der Waals surface area contributed by atoms with Crippen LogP contribution in [0.5, 0.6) is 0 Å². The summed E-state index contributed by atoms with van der Waals surface area (Å²) in [6.45, 7) is 4.35. The number of aromatic nitrogens is 3. The molecule has 5 rings (SSSR count). The lowest BCUT2D eigenvalue weighted by molar-refractivity contribution is -0.117. The predicted octanol–water partition coefficient (Wildman–Crippen LogP) is 2.62. The smallest absolute Gasteiger partial charge is 0.227 e. The SMILES string of the molecule is N#Cc1cc(-c2ccnc(Nc3ccnc(N4CCN(CCO)CC4)c3)n2)ccc1NC(=O)C1CC1. The topological polar surface area (TPSA) is 130 Å². The number of hydrogen-bond acceptors (Lipinski definition) is 9. The number of aliphatic hydroxyl groups is 1. The van der Waals surface area contributed by atoms with Crippen molar-refractivity contribution in [3.8, 4) is 17.3 Å². The van der Waals surface area contributed by atoms with Crippen LogP contribution in [0.4, 0.5) is 23.1 Å². The molecule has 3 N–H and O–H groups in total. The Morgan fingerprint density at radius 2 is 1.89 bits per heavy atom. The van der Waals surface area contributed by atoms with E-state index < -0.39 is 0 Å². The molecule has 10 nitrogen and oxygen atoms in total. The molecule has 1 aromatic carbocycles. The first-order chi connectivity index (χ1) is 17.6. The van der Waals surface area contributed by atoms with Crippen molar-refractivity contribution in [2.45, 2.75) is 12.8 Å². The van der Waals surface area contributed by atoms with Gasteiger partial charge in [0.15, 0.2) is 0 Å². The first kappa shape index (κ1) is 23.7. The normalized spacial score (nSPS) is 15.8. The van der Waals surface area contributed by atoms with Crippen LogP contribution in [0.25, 0.3) is 11.3 Å². The third-order valence-corrected chi connectivity index (χ3v) is 6.41. The van der Waals surface area contributed by atoms with Gasteiger partial charge in [-0.1, -0.05) is 6.07 Å². The monoisotopic (exact) mass is 484 g/mol. The summed E-state index contributed by atoms with van der Waals surface area (Å²) in [6, 6.07) is 13.1. The molecule has 0 spiro atoms. The highest BCUT2D eigenvalue weighted by Gasteiger charge is 2.30. The molecular weight excluding hydrogens is 456 g/mol. The molecule has 0 radical (unpaired) electrons. The van der Waals surface area contributed by atoms with Crippen LogP contribution < -0.4 is 15.5 Å². The van der Waals surface area contributed by atoms with Crippen LogP contribution in [-0.2, 0) is 4.79 Å². The number of piperazine rings is 1. The molecule has 2 aliphatic rings. The fourth-order valence-corrected chi connectivity index (χ4v) is 4.21. The van der Waals surface area contributed by atoms with Crippen molar-refractivity contribution in [1.82, 2.24) is 19.9 Å². The van der Waals surface area contributed by atoms with Crippen LogP contribution in [0.15, 0.2) is 48.8 Å². The number of nitriles is 1. The number of benzene rings is 1. The molecule has 1 saturated heterocycles. The highest BCUT2D eigenvalue weighted by molar-refractivity contribution is 5.95. The number of nitrogens with zero attached hydrogens (tertiary/aromatic N) is 6. The fraction of sp³-hybridized carbons (Fsp3) is 0.346. The minimum atomic E-state index is -0.0310. The van der Waals surface area contributed by atoms with Crippen molar-refractivity contribution in [3.63, 3.8) is 0 Å². The van der Waals surface area contributed by atoms with Crippen molar-refractivity contribution in [2.75, 3.05) is 54.9 Å². The summed E-state index contributed by atoms with van der Waals surface area (Å²) in [4.78, 5) is 30.1. The molecular formula is C26H28N8O2. The van der Waals surface area contributed by atoms with Gasteiger partial charge in [0, 0.05) is 68.4 Å². The van der Waals surface area contributed by atoms with Crippen molar-refractivity contribution in [1.29, 1.82) is 5.26 Å². The van der Waals surface area contributed by atoms with Gasteiger partial charge in [-0.05, 0) is 37.1 Å². The number of rotatable bonds is 8. The molecule has 1 aliphatic heterocycles. The van der Waals surface area contributed by atoms with E-state index in [1.807, 2.05) is 18.2 Å². The summed E-state index contributed by atoms with van der Waals surface area (Å²) >= 11 is 0. The summed E-state index contributed by atoms with van der Waals surface area (Å²) in [5.74, 6) is 1.34. The van der Waals surface area contributed by atoms with Gasteiger partial charge in [0.2, 0.25) is 11.9 Å². The van der Waals surface area contributed by atoms with Crippen molar-refractivity contribution >= 4 is 29.0 Å². The Kier molecular flexibility index (Phi) is 7.02. The van der Waals surface area contributed by atoms with Gasteiger partial charge in [-0.25, -0.2) is 15.0 Å².